The van der Waals surface area contributed by atoms with Crippen LogP contribution in [0, 0.1) is 13.8 Å². The van der Waals surface area contributed by atoms with E-state index in [0.717, 1.165) is 17.5 Å². The molecule has 19 heavy (non-hydrogen) atoms. The number of hydrogen-bond acceptors (Lipinski definition) is 4. The number of ether oxygens (including phenoxy) is 1. The predicted octanol–water partition coefficient (Wildman–Crippen LogP) is 1.30. The lowest BCUT2D eigenvalue weighted by Gasteiger charge is -2.23. The van der Waals surface area contributed by atoms with Crippen molar-refractivity contribution >= 4 is 15.7 Å². The molecule has 5 nitrogen and oxygen atoms in total. The van der Waals surface area contributed by atoms with Gasteiger partial charge in [0.2, 0.25) is 10.0 Å². The molecule has 0 amide bonds. The van der Waals surface area contributed by atoms with Crippen LogP contribution in [0.3, 0.4) is 0 Å². The average molecular weight is 284 g/mol. The first-order chi connectivity index (χ1) is 8.84. The fourth-order valence-corrected chi connectivity index (χ4v) is 3.75. The van der Waals surface area contributed by atoms with Crippen molar-refractivity contribution in [2.24, 2.45) is 0 Å². The highest BCUT2D eigenvalue weighted by atomic mass is 32.2. The van der Waals surface area contributed by atoms with Crippen LogP contribution in [0.2, 0.25) is 0 Å². The van der Waals surface area contributed by atoms with E-state index in [9.17, 15) is 8.42 Å². The Hall–Kier alpha value is -1.11. The van der Waals surface area contributed by atoms with Gasteiger partial charge in [-0.25, -0.2) is 8.42 Å². The summed E-state index contributed by atoms with van der Waals surface area (Å²) in [6, 6.07) is 3.25. The number of aryl methyl sites for hydroxylation is 2. The molecule has 1 aromatic rings. The Labute approximate surface area is 114 Å². The van der Waals surface area contributed by atoms with E-state index in [-0.39, 0.29) is 10.9 Å². The van der Waals surface area contributed by atoms with Crippen molar-refractivity contribution < 1.29 is 13.2 Å². The summed E-state index contributed by atoms with van der Waals surface area (Å²) in [5, 5.41) is 0. The summed E-state index contributed by atoms with van der Waals surface area (Å²) in [6.07, 6.45) is 0.723. The number of nitrogens with two attached hydrogens (primary N) is 1. The fraction of sp³-hybridized carbons (Fsp3) is 0.538. The molecule has 1 saturated heterocycles. The molecule has 0 radical (unpaired) electrons. The molecule has 2 N–H and O–H groups in total. The maximum Gasteiger partial charge on any atom is 0.245 e. The highest BCUT2D eigenvalue weighted by molar-refractivity contribution is 7.89. The van der Waals surface area contributed by atoms with Crippen LogP contribution in [0.25, 0.3) is 0 Å². The number of benzene rings is 1. The van der Waals surface area contributed by atoms with Gasteiger partial charge in [0.05, 0.1) is 18.3 Å². The van der Waals surface area contributed by atoms with E-state index in [1.807, 2.05) is 13.8 Å². The van der Waals surface area contributed by atoms with Gasteiger partial charge in [-0.15, -0.1) is 0 Å². The van der Waals surface area contributed by atoms with Gasteiger partial charge in [0.25, 0.3) is 0 Å². The number of likely N-dealkylation sites (N-methyl/N-ethyl adjacent to an activating group) is 1. The van der Waals surface area contributed by atoms with Crippen LogP contribution in [0.15, 0.2) is 17.0 Å². The molecule has 0 aliphatic carbocycles. The van der Waals surface area contributed by atoms with Crippen LogP contribution in [0.4, 0.5) is 5.69 Å². The summed E-state index contributed by atoms with van der Waals surface area (Å²) in [6.45, 7) is 4.84. The van der Waals surface area contributed by atoms with Gasteiger partial charge in [-0.3, -0.25) is 0 Å². The van der Waals surface area contributed by atoms with Crippen LogP contribution in [-0.4, -0.2) is 39.0 Å². The van der Waals surface area contributed by atoms with Crippen molar-refractivity contribution in [3.63, 3.8) is 0 Å². The highest BCUT2D eigenvalue weighted by Gasteiger charge is 2.32. The third-order valence-corrected chi connectivity index (χ3v) is 5.67. The fourth-order valence-electron chi connectivity index (χ4n) is 2.20. The number of rotatable bonds is 3. The molecule has 1 fully saturated rings. The summed E-state index contributed by atoms with van der Waals surface area (Å²) < 4.78 is 31.8. The first kappa shape index (κ1) is 14.3. The van der Waals surface area contributed by atoms with Gasteiger partial charge < -0.3 is 10.5 Å². The lowest BCUT2D eigenvalue weighted by atomic mass is 10.1. The normalized spacial score (nSPS) is 20.1. The minimum absolute atomic E-state index is 0.106. The van der Waals surface area contributed by atoms with Crippen molar-refractivity contribution in [2.45, 2.75) is 31.2 Å². The van der Waals surface area contributed by atoms with Crippen molar-refractivity contribution in [3.8, 4) is 0 Å². The molecule has 1 aromatic carbocycles. The number of hydrogen-bond donors (Lipinski definition) is 1. The van der Waals surface area contributed by atoms with Crippen LogP contribution < -0.4 is 5.73 Å². The van der Waals surface area contributed by atoms with E-state index in [4.69, 9.17) is 10.5 Å². The smallest absolute Gasteiger partial charge is 0.245 e. The second kappa shape index (κ2) is 5.11. The molecular weight excluding hydrogens is 264 g/mol. The summed E-state index contributed by atoms with van der Waals surface area (Å²) >= 11 is 0. The summed E-state index contributed by atoms with van der Waals surface area (Å²) in [5.41, 5.74) is 8.09. The minimum Gasteiger partial charge on any atom is -0.398 e. The number of nitrogens with zero attached hydrogens (tertiary/aromatic N) is 1. The molecular formula is C13H20N2O3S. The maximum absolute atomic E-state index is 12.6. The molecule has 0 saturated carbocycles. The predicted molar refractivity (Wildman–Crippen MR) is 74.5 cm³/mol. The van der Waals surface area contributed by atoms with E-state index in [1.165, 1.54) is 4.31 Å². The van der Waals surface area contributed by atoms with Crippen LogP contribution in [0.5, 0.6) is 0 Å². The molecule has 1 aliphatic rings. The van der Waals surface area contributed by atoms with Gasteiger partial charge >= 0.3 is 0 Å². The molecule has 1 atom stereocenters. The molecule has 2 rings (SSSR count). The van der Waals surface area contributed by atoms with Crippen molar-refractivity contribution in [1.82, 2.24) is 4.31 Å². The van der Waals surface area contributed by atoms with Crippen LogP contribution in [0.1, 0.15) is 17.5 Å². The Bertz CT molecular complexity index is 578. The first-order valence-electron chi connectivity index (χ1n) is 6.26. The second-order valence-electron chi connectivity index (χ2n) is 5.01. The molecule has 1 aliphatic heterocycles. The zero-order valence-corrected chi connectivity index (χ0v) is 12.3. The molecule has 106 valence electrons. The van der Waals surface area contributed by atoms with E-state index in [0.29, 0.717) is 18.9 Å². The van der Waals surface area contributed by atoms with E-state index in [1.54, 1.807) is 19.2 Å². The number of anilines is 1. The van der Waals surface area contributed by atoms with E-state index in [2.05, 4.69) is 0 Å². The molecule has 0 aromatic heterocycles. The standard InChI is InChI=1S/C13H20N2O3S/c1-9-6-12(14)13(7-10(9)2)19(16,17)15(3)11-4-5-18-8-11/h6-7,11H,4-5,8,14H2,1-3H3. The van der Waals surface area contributed by atoms with Crippen molar-refractivity contribution in [2.75, 3.05) is 26.0 Å². The maximum atomic E-state index is 12.6. The summed E-state index contributed by atoms with van der Waals surface area (Å²) in [4.78, 5) is 0.185. The Balaban J connectivity index is 2.41. The zero-order valence-electron chi connectivity index (χ0n) is 11.5. The monoisotopic (exact) mass is 284 g/mol. The minimum atomic E-state index is -3.56. The van der Waals surface area contributed by atoms with E-state index >= 15 is 0 Å². The molecule has 6 heteroatoms. The Morgan fingerprint density at radius 2 is 1.95 bits per heavy atom. The summed E-state index contributed by atoms with van der Waals surface area (Å²) in [5.74, 6) is 0. The molecule has 1 heterocycles. The van der Waals surface area contributed by atoms with Gasteiger partial charge in [-0.05, 0) is 43.5 Å². The van der Waals surface area contributed by atoms with Crippen molar-refractivity contribution in [1.29, 1.82) is 0 Å². The van der Waals surface area contributed by atoms with Gasteiger partial charge in [-0.1, -0.05) is 0 Å². The van der Waals surface area contributed by atoms with Gasteiger partial charge in [0, 0.05) is 13.7 Å². The zero-order chi connectivity index (χ0) is 14.2. The second-order valence-corrected chi connectivity index (χ2v) is 6.98. The quantitative estimate of drug-likeness (QED) is 0.849. The SMILES string of the molecule is Cc1cc(N)c(S(=O)(=O)N(C)C2CCOC2)cc1C. The molecule has 0 bridgehead atoms. The Morgan fingerprint density at radius 3 is 2.53 bits per heavy atom. The molecule has 1 unspecified atom stereocenters. The first-order valence-corrected chi connectivity index (χ1v) is 7.70. The number of nitrogen functional groups attached to an aromatic ring is 1. The summed E-state index contributed by atoms with van der Waals surface area (Å²) in [7, 11) is -1.98. The largest absolute Gasteiger partial charge is 0.398 e. The third-order valence-electron chi connectivity index (χ3n) is 3.70. The Morgan fingerprint density at radius 1 is 1.32 bits per heavy atom. The van der Waals surface area contributed by atoms with Gasteiger partial charge in [0.1, 0.15) is 4.90 Å². The topological polar surface area (TPSA) is 72.6 Å². The Kier molecular flexibility index (Phi) is 3.85. The van der Waals surface area contributed by atoms with Crippen LogP contribution >= 0.6 is 0 Å². The average Bonchev–Trinajstić information content (AvgIpc) is 2.86. The van der Waals surface area contributed by atoms with E-state index < -0.39 is 10.0 Å². The van der Waals surface area contributed by atoms with Gasteiger partial charge in [-0.2, -0.15) is 4.31 Å². The van der Waals surface area contributed by atoms with Gasteiger partial charge in [0.15, 0.2) is 0 Å². The highest BCUT2D eigenvalue weighted by Crippen LogP contribution is 2.27. The number of sulfonamides is 1. The lowest BCUT2D eigenvalue weighted by molar-refractivity contribution is 0.181. The molecule has 0 spiro atoms. The third kappa shape index (κ3) is 2.61. The van der Waals surface area contributed by atoms with Crippen LogP contribution in [-0.2, 0) is 14.8 Å². The van der Waals surface area contributed by atoms with Crippen molar-refractivity contribution in [3.05, 3.63) is 23.3 Å². The lowest BCUT2D eigenvalue weighted by Crippen LogP contribution is -2.37.